The Morgan fingerprint density at radius 1 is 1.60 bits per heavy atom. The Balaban J connectivity index is 1.96. The van der Waals surface area contributed by atoms with E-state index in [-0.39, 0.29) is 5.92 Å². The van der Waals surface area contributed by atoms with Crippen LogP contribution in [0.25, 0.3) is 0 Å². The minimum atomic E-state index is 0.244. The first-order valence-electron chi connectivity index (χ1n) is 5.42. The second-order valence-corrected chi connectivity index (χ2v) is 5.06. The van der Waals surface area contributed by atoms with E-state index in [4.69, 9.17) is 5.26 Å². The number of hydrogen-bond donors (Lipinski definition) is 0. The maximum atomic E-state index is 9.04. The molecule has 0 aliphatic heterocycles. The van der Waals surface area contributed by atoms with E-state index in [0.29, 0.717) is 6.04 Å². The van der Waals surface area contributed by atoms with Gasteiger partial charge < -0.3 is 0 Å². The van der Waals surface area contributed by atoms with Crippen molar-refractivity contribution in [3.8, 4) is 6.07 Å². The Kier molecular flexibility index (Phi) is 3.40. The van der Waals surface area contributed by atoms with Crippen molar-refractivity contribution in [1.82, 2.24) is 4.90 Å². The molecule has 1 aromatic rings. The van der Waals surface area contributed by atoms with Crippen molar-refractivity contribution in [2.24, 2.45) is 5.92 Å². The first-order chi connectivity index (χ1) is 7.31. The SMILES string of the molecule is CN(Cc1ccsc1)C1CCCC1C#N. The summed E-state index contributed by atoms with van der Waals surface area (Å²) in [7, 11) is 2.14. The summed E-state index contributed by atoms with van der Waals surface area (Å²) in [6.45, 7) is 0.979. The van der Waals surface area contributed by atoms with Crippen LogP contribution in [0.2, 0.25) is 0 Å². The van der Waals surface area contributed by atoms with E-state index in [1.807, 2.05) is 0 Å². The van der Waals surface area contributed by atoms with Crippen molar-refractivity contribution >= 4 is 11.3 Å². The summed E-state index contributed by atoms with van der Waals surface area (Å²) < 4.78 is 0. The van der Waals surface area contributed by atoms with Crippen LogP contribution in [0.15, 0.2) is 16.8 Å². The fraction of sp³-hybridized carbons (Fsp3) is 0.583. The van der Waals surface area contributed by atoms with Gasteiger partial charge in [-0.15, -0.1) is 0 Å². The highest BCUT2D eigenvalue weighted by atomic mass is 32.1. The minimum absolute atomic E-state index is 0.244. The van der Waals surface area contributed by atoms with Gasteiger partial charge in [0.25, 0.3) is 0 Å². The number of nitrogens with zero attached hydrogens (tertiary/aromatic N) is 2. The smallest absolute Gasteiger partial charge is 0.0672 e. The molecular formula is C12H16N2S. The van der Waals surface area contributed by atoms with Crippen LogP contribution in [0.5, 0.6) is 0 Å². The molecule has 3 heteroatoms. The third-order valence-corrected chi connectivity index (χ3v) is 3.96. The van der Waals surface area contributed by atoms with E-state index >= 15 is 0 Å². The largest absolute Gasteiger partial charge is 0.298 e. The lowest BCUT2D eigenvalue weighted by Crippen LogP contribution is -2.33. The Morgan fingerprint density at radius 3 is 3.13 bits per heavy atom. The molecule has 15 heavy (non-hydrogen) atoms. The lowest BCUT2D eigenvalue weighted by Gasteiger charge is -2.26. The van der Waals surface area contributed by atoms with E-state index < -0.39 is 0 Å². The zero-order valence-electron chi connectivity index (χ0n) is 9.02. The summed E-state index contributed by atoms with van der Waals surface area (Å²) in [6.07, 6.45) is 3.46. The van der Waals surface area contributed by atoms with Gasteiger partial charge in [-0.25, -0.2) is 0 Å². The molecule has 80 valence electrons. The lowest BCUT2D eigenvalue weighted by atomic mass is 10.0. The van der Waals surface area contributed by atoms with Crippen molar-refractivity contribution in [2.75, 3.05) is 7.05 Å². The molecule has 0 radical (unpaired) electrons. The highest BCUT2D eigenvalue weighted by Crippen LogP contribution is 2.29. The van der Waals surface area contributed by atoms with Crippen molar-refractivity contribution in [3.05, 3.63) is 22.4 Å². The molecule has 2 atom stereocenters. The second-order valence-electron chi connectivity index (χ2n) is 4.28. The van der Waals surface area contributed by atoms with Crippen molar-refractivity contribution in [3.63, 3.8) is 0 Å². The molecule has 0 saturated heterocycles. The van der Waals surface area contributed by atoms with Gasteiger partial charge in [0.2, 0.25) is 0 Å². The van der Waals surface area contributed by atoms with Crippen LogP contribution in [0.3, 0.4) is 0 Å². The summed E-state index contributed by atoms with van der Waals surface area (Å²) in [4.78, 5) is 2.34. The van der Waals surface area contributed by atoms with Crippen LogP contribution in [0.1, 0.15) is 24.8 Å². The number of nitriles is 1. The van der Waals surface area contributed by atoms with Gasteiger partial charge in [-0.1, -0.05) is 6.42 Å². The first-order valence-corrected chi connectivity index (χ1v) is 6.36. The number of rotatable bonds is 3. The van der Waals surface area contributed by atoms with Gasteiger partial charge in [-0.3, -0.25) is 4.90 Å². The molecule has 0 N–H and O–H groups in total. The van der Waals surface area contributed by atoms with E-state index in [9.17, 15) is 0 Å². The van der Waals surface area contributed by atoms with Crippen LogP contribution in [0.4, 0.5) is 0 Å². The van der Waals surface area contributed by atoms with E-state index in [1.165, 1.54) is 18.4 Å². The Labute approximate surface area is 95.1 Å². The van der Waals surface area contributed by atoms with Crippen LogP contribution >= 0.6 is 11.3 Å². The minimum Gasteiger partial charge on any atom is -0.298 e. The molecule has 2 nitrogen and oxygen atoms in total. The summed E-state index contributed by atoms with van der Waals surface area (Å²) >= 11 is 1.74. The maximum absolute atomic E-state index is 9.04. The van der Waals surface area contributed by atoms with Crippen LogP contribution < -0.4 is 0 Å². The topological polar surface area (TPSA) is 27.0 Å². The van der Waals surface area contributed by atoms with Crippen LogP contribution in [-0.4, -0.2) is 18.0 Å². The molecule has 2 unspecified atom stereocenters. The second kappa shape index (κ2) is 4.78. The molecule has 2 rings (SSSR count). The molecular weight excluding hydrogens is 204 g/mol. The van der Waals surface area contributed by atoms with Gasteiger partial charge >= 0.3 is 0 Å². The Bertz CT molecular complexity index is 339. The quantitative estimate of drug-likeness (QED) is 0.783. The van der Waals surface area contributed by atoms with Gasteiger partial charge in [0.15, 0.2) is 0 Å². The molecule has 0 spiro atoms. The van der Waals surface area contributed by atoms with E-state index in [0.717, 1.165) is 13.0 Å². The van der Waals surface area contributed by atoms with Crippen molar-refractivity contribution in [2.45, 2.75) is 31.8 Å². The highest BCUT2D eigenvalue weighted by Gasteiger charge is 2.30. The molecule has 1 saturated carbocycles. The van der Waals surface area contributed by atoms with E-state index in [2.05, 4.69) is 34.8 Å². The summed E-state index contributed by atoms with van der Waals surface area (Å²) in [5, 5.41) is 13.3. The molecule has 0 aromatic carbocycles. The molecule has 1 aliphatic carbocycles. The van der Waals surface area contributed by atoms with Crippen molar-refractivity contribution in [1.29, 1.82) is 5.26 Å². The maximum Gasteiger partial charge on any atom is 0.0672 e. The average Bonchev–Trinajstić information content (AvgIpc) is 2.86. The Morgan fingerprint density at radius 2 is 2.47 bits per heavy atom. The molecule has 0 amide bonds. The number of hydrogen-bond acceptors (Lipinski definition) is 3. The molecule has 0 bridgehead atoms. The lowest BCUT2D eigenvalue weighted by molar-refractivity contribution is 0.212. The monoisotopic (exact) mass is 220 g/mol. The third-order valence-electron chi connectivity index (χ3n) is 3.22. The van der Waals surface area contributed by atoms with Crippen molar-refractivity contribution < 1.29 is 0 Å². The highest BCUT2D eigenvalue weighted by molar-refractivity contribution is 7.07. The molecule has 1 fully saturated rings. The molecule has 1 aliphatic rings. The molecule has 1 heterocycles. The normalized spacial score (nSPS) is 25.7. The zero-order valence-corrected chi connectivity index (χ0v) is 9.83. The predicted octanol–water partition coefficient (Wildman–Crippen LogP) is 2.87. The van der Waals surface area contributed by atoms with E-state index in [1.54, 1.807) is 11.3 Å². The zero-order chi connectivity index (χ0) is 10.7. The summed E-state index contributed by atoms with van der Waals surface area (Å²) in [5.41, 5.74) is 1.37. The fourth-order valence-corrected chi connectivity index (χ4v) is 3.07. The molecule has 1 aromatic heterocycles. The van der Waals surface area contributed by atoms with Gasteiger partial charge in [-0.05, 0) is 42.3 Å². The van der Waals surface area contributed by atoms with Crippen LogP contribution in [0, 0.1) is 17.2 Å². The fourth-order valence-electron chi connectivity index (χ4n) is 2.41. The summed E-state index contributed by atoms with van der Waals surface area (Å²) in [5.74, 6) is 0.244. The Hall–Kier alpha value is -0.850. The van der Waals surface area contributed by atoms with Gasteiger partial charge in [-0.2, -0.15) is 16.6 Å². The average molecular weight is 220 g/mol. The first kappa shape index (κ1) is 10.7. The number of thiophene rings is 1. The third kappa shape index (κ3) is 2.39. The van der Waals surface area contributed by atoms with Crippen LogP contribution in [-0.2, 0) is 6.54 Å². The predicted molar refractivity (Wildman–Crippen MR) is 62.5 cm³/mol. The summed E-state index contributed by atoms with van der Waals surface area (Å²) in [6, 6.07) is 5.07. The van der Waals surface area contributed by atoms with Gasteiger partial charge in [0, 0.05) is 12.6 Å². The van der Waals surface area contributed by atoms with Gasteiger partial charge in [0.1, 0.15) is 0 Å². The standard InChI is InChI=1S/C12H16N2S/c1-14(8-10-5-6-15-9-10)12-4-2-3-11(12)7-13/h5-6,9,11-12H,2-4,8H2,1H3. The van der Waals surface area contributed by atoms with Gasteiger partial charge in [0.05, 0.1) is 12.0 Å².